The molecule has 0 saturated carbocycles. The van der Waals surface area contributed by atoms with Gasteiger partial charge in [0.25, 0.3) is 0 Å². The molecule has 0 aliphatic rings. The lowest BCUT2D eigenvalue weighted by Crippen LogP contribution is -2.35. The van der Waals surface area contributed by atoms with Crippen LogP contribution in [0.1, 0.15) is 31.6 Å². The Morgan fingerprint density at radius 2 is 1.71 bits per heavy atom. The lowest BCUT2D eigenvalue weighted by Gasteiger charge is -2.32. The topological polar surface area (TPSA) is 9.23 Å². The Bertz CT molecular complexity index is 342. The first-order valence-electron chi connectivity index (χ1n) is 6.25. The average molecular weight is 254 g/mol. The summed E-state index contributed by atoms with van der Waals surface area (Å²) in [6, 6.07) is 6.73. The highest BCUT2D eigenvalue weighted by molar-refractivity contribution is 6.77. The van der Waals surface area contributed by atoms with E-state index in [4.69, 9.17) is 4.74 Å². The van der Waals surface area contributed by atoms with Crippen LogP contribution < -0.4 is 0 Å². The van der Waals surface area contributed by atoms with Crippen molar-refractivity contribution < 1.29 is 9.13 Å². The fraction of sp³-hybridized carbons (Fsp3) is 0.571. The van der Waals surface area contributed by atoms with E-state index in [1.54, 1.807) is 0 Å². The standard InChI is InChI=1S/C14H23FOSi/c1-6-11(2)16-14(17(3,4)5)12-7-9-13(15)10-8-12/h7-11,14H,6H2,1-5H3. The van der Waals surface area contributed by atoms with Crippen molar-refractivity contribution in [1.29, 1.82) is 0 Å². The highest BCUT2D eigenvalue weighted by Gasteiger charge is 2.30. The SMILES string of the molecule is CCC(C)OC(c1ccc(F)cc1)[Si](C)(C)C. The molecule has 1 nitrogen and oxygen atoms in total. The van der Waals surface area contributed by atoms with Gasteiger partial charge in [-0.1, -0.05) is 38.7 Å². The highest BCUT2D eigenvalue weighted by Crippen LogP contribution is 2.30. The van der Waals surface area contributed by atoms with Crippen molar-refractivity contribution >= 4 is 8.07 Å². The van der Waals surface area contributed by atoms with Gasteiger partial charge in [0, 0.05) is 0 Å². The Morgan fingerprint density at radius 3 is 2.12 bits per heavy atom. The zero-order valence-corrected chi connectivity index (χ0v) is 12.5. The molecular formula is C14H23FOSi. The highest BCUT2D eigenvalue weighted by atomic mass is 28.3. The van der Waals surface area contributed by atoms with Crippen LogP contribution in [0.4, 0.5) is 4.39 Å². The largest absolute Gasteiger partial charge is 0.374 e. The van der Waals surface area contributed by atoms with Gasteiger partial charge in [-0.05, 0) is 31.0 Å². The molecule has 17 heavy (non-hydrogen) atoms. The van der Waals surface area contributed by atoms with Gasteiger partial charge in [0.2, 0.25) is 0 Å². The summed E-state index contributed by atoms with van der Waals surface area (Å²) in [6.07, 6.45) is 1.25. The van der Waals surface area contributed by atoms with Gasteiger partial charge in [-0.3, -0.25) is 0 Å². The predicted molar refractivity (Wildman–Crippen MR) is 73.3 cm³/mol. The molecule has 0 bridgehead atoms. The van der Waals surface area contributed by atoms with Crippen LogP contribution >= 0.6 is 0 Å². The van der Waals surface area contributed by atoms with E-state index in [-0.39, 0.29) is 17.6 Å². The molecule has 0 fully saturated rings. The molecule has 3 heteroatoms. The van der Waals surface area contributed by atoms with E-state index in [0.29, 0.717) is 0 Å². The van der Waals surface area contributed by atoms with Crippen molar-refractivity contribution in [2.45, 2.75) is 51.7 Å². The molecule has 0 amide bonds. The smallest absolute Gasteiger partial charge is 0.123 e. The second-order valence-corrected chi connectivity index (χ2v) is 10.9. The molecule has 0 aromatic heterocycles. The molecule has 96 valence electrons. The van der Waals surface area contributed by atoms with Crippen molar-refractivity contribution in [1.82, 2.24) is 0 Å². The normalized spacial score (nSPS) is 15.6. The molecule has 1 rings (SSSR count). The minimum Gasteiger partial charge on any atom is -0.374 e. The molecule has 1 aromatic carbocycles. The summed E-state index contributed by atoms with van der Waals surface area (Å²) >= 11 is 0. The molecule has 0 heterocycles. The Kier molecular flexibility index (Phi) is 4.89. The summed E-state index contributed by atoms with van der Waals surface area (Å²) < 4.78 is 19.1. The average Bonchev–Trinajstić information content (AvgIpc) is 2.25. The number of hydrogen-bond acceptors (Lipinski definition) is 1. The summed E-state index contributed by atoms with van der Waals surface area (Å²) in [7, 11) is -1.47. The predicted octanol–water partition coefficient (Wildman–Crippen LogP) is 4.56. The van der Waals surface area contributed by atoms with E-state index in [2.05, 4.69) is 33.5 Å². The molecule has 2 atom stereocenters. The van der Waals surface area contributed by atoms with E-state index in [1.807, 2.05) is 12.1 Å². The molecule has 0 aliphatic heterocycles. The molecule has 0 spiro atoms. The van der Waals surface area contributed by atoms with Crippen LogP contribution in [-0.2, 0) is 4.74 Å². The van der Waals surface area contributed by atoms with Crippen molar-refractivity contribution in [2.24, 2.45) is 0 Å². The van der Waals surface area contributed by atoms with Crippen LogP contribution in [0.2, 0.25) is 19.6 Å². The summed E-state index contributed by atoms with van der Waals surface area (Å²) in [4.78, 5) is 0. The quantitative estimate of drug-likeness (QED) is 0.700. The van der Waals surface area contributed by atoms with E-state index in [1.165, 1.54) is 12.1 Å². The number of benzene rings is 1. The molecule has 1 aromatic rings. The first-order valence-corrected chi connectivity index (χ1v) is 9.83. The summed E-state index contributed by atoms with van der Waals surface area (Å²) in [6.45, 7) is 11.1. The minimum absolute atomic E-state index is 0.137. The van der Waals surface area contributed by atoms with Crippen LogP contribution in [0, 0.1) is 5.82 Å². The number of hydrogen-bond donors (Lipinski definition) is 0. The lowest BCUT2D eigenvalue weighted by molar-refractivity contribution is 0.0337. The number of ether oxygens (including phenoxy) is 1. The van der Waals surface area contributed by atoms with Gasteiger partial charge in [0.15, 0.2) is 0 Å². The van der Waals surface area contributed by atoms with Gasteiger partial charge >= 0.3 is 0 Å². The first kappa shape index (κ1) is 14.4. The Hall–Kier alpha value is -0.673. The van der Waals surface area contributed by atoms with Gasteiger partial charge in [0.05, 0.1) is 19.9 Å². The summed E-state index contributed by atoms with van der Waals surface area (Å²) in [5.74, 6) is -0.188. The summed E-state index contributed by atoms with van der Waals surface area (Å²) in [5.41, 5.74) is 1.24. The zero-order chi connectivity index (χ0) is 13.1. The lowest BCUT2D eigenvalue weighted by atomic mass is 10.2. The minimum atomic E-state index is -1.47. The van der Waals surface area contributed by atoms with Gasteiger partial charge in [-0.25, -0.2) is 4.39 Å². The van der Waals surface area contributed by atoms with Crippen molar-refractivity contribution in [2.75, 3.05) is 0 Å². The van der Waals surface area contributed by atoms with Gasteiger partial charge in [-0.2, -0.15) is 0 Å². The Morgan fingerprint density at radius 1 is 1.18 bits per heavy atom. The third-order valence-electron chi connectivity index (χ3n) is 2.90. The number of rotatable bonds is 5. The Balaban J connectivity index is 2.94. The van der Waals surface area contributed by atoms with Crippen molar-refractivity contribution in [3.63, 3.8) is 0 Å². The maximum atomic E-state index is 12.9. The van der Waals surface area contributed by atoms with Crippen LogP contribution in [-0.4, -0.2) is 14.2 Å². The van der Waals surface area contributed by atoms with E-state index in [0.717, 1.165) is 12.0 Å². The molecule has 0 N–H and O–H groups in total. The zero-order valence-electron chi connectivity index (χ0n) is 11.5. The van der Waals surface area contributed by atoms with Crippen LogP contribution in [0.25, 0.3) is 0 Å². The molecule has 0 aliphatic carbocycles. The van der Waals surface area contributed by atoms with Crippen LogP contribution in [0.5, 0.6) is 0 Å². The second kappa shape index (κ2) is 5.78. The van der Waals surface area contributed by atoms with Crippen LogP contribution in [0.3, 0.4) is 0 Å². The third-order valence-corrected chi connectivity index (χ3v) is 4.95. The monoisotopic (exact) mass is 254 g/mol. The molecule has 2 unspecified atom stereocenters. The van der Waals surface area contributed by atoms with E-state index >= 15 is 0 Å². The second-order valence-electron chi connectivity index (χ2n) is 5.65. The van der Waals surface area contributed by atoms with Gasteiger partial charge in [-0.15, -0.1) is 0 Å². The first-order chi connectivity index (χ1) is 7.84. The fourth-order valence-electron chi connectivity index (χ4n) is 1.75. The van der Waals surface area contributed by atoms with Crippen molar-refractivity contribution in [3.05, 3.63) is 35.6 Å². The maximum Gasteiger partial charge on any atom is 0.123 e. The van der Waals surface area contributed by atoms with Crippen molar-refractivity contribution in [3.8, 4) is 0 Å². The third kappa shape index (κ3) is 4.24. The van der Waals surface area contributed by atoms with Gasteiger partial charge < -0.3 is 4.74 Å². The number of halogens is 1. The van der Waals surface area contributed by atoms with Crippen LogP contribution in [0.15, 0.2) is 24.3 Å². The van der Waals surface area contributed by atoms with E-state index < -0.39 is 8.07 Å². The van der Waals surface area contributed by atoms with E-state index in [9.17, 15) is 4.39 Å². The molecular weight excluding hydrogens is 231 g/mol. The molecule has 0 saturated heterocycles. The maximum absolute atomic E-state index is 12.9. The summed E-state index contributed by atoms with van der Waals surface area (Å²) in [5, 5.41) is 0. The van der Waals surface area contributed by atoms with Gasteiger partial charge in [0.1, 0.15) is 5.82 Å². The molecule has 0 radical (unpaired) electrons. The Labute approximate surface area is 105 Å². The fourth-order valence-corrected chi connectivity index (χ4v) is 3.58.